The summed E-state index contributed by atoms with van der Waals surface area (Å²) in [4.78, 5) is 34.6. The maximum Gasteiger partial charge on any atom is 0.416 e. The fourth-order valence-corrected chi connectivity index (χ4v) is 6.66. The molecule has 3 fully saturated rings. The van der Waals surface area contributed by atoms with Gasteiger partial charge >= 0.3 is 12.2 Å². The third-order valence-corrected chi connectivity index (χ3v) is 9.31. The number of hydrogen-bond acceptors (Lipinski definition) is 3. The Bertz CT molecular complexity index is 1190. The number of carbonyl (C=O) groups excluding carboxylic acids is 2. The summed E-state index contributed by atoms with van der Waals surface area (Å²) >= 11 is 0. The molecule has 5 rings (SSSR count). The zero-order valence-corrected chi connectivity index (χ0v) is 24.1. The first-order valence-electron chi connectivity index (χ1n) is 14.9. The van der Waals surface area contributed by atoms with Crippen molar-refractivity contribution in [1.82, 2.24) is 19.6 Å². The van der Waals surface area contributed by atoms with Crippen LogP contribution >= 0.6 is 0 Å². The number of amides is 3. The Kier molecular flexibility index (Phi) is 8.92. The molecule has 2 aromatic rings. The first kappa shape index (κ1) is 29.4. The number of likely N-dealkylation sites (N-methyl/N-ethyl adjacent to an activating group) is 2. The first-order chi connectivity index (χ1) is 19.6. The van der Waals surface area contributed by atoms with Crippen LogP contribution in [-0.2, 0) is 6.18 Å². The summed E-state index contributed by atoms with van der Waals surface area (Å²) in [6.45, 7) is 3.82. The van der Waals surface area contributed by atoms with Crippen LogP contribution in [0.3, 0.4) is 0 Å². The zero-order valence-electron chi connectivity index (χ0n) is 24.1. The summed E-state index contributed by atoms with van der Waals surface area (Å²) < 4.78 is 38.6. The van der Waals surface area contributed by atoms with Gasteiger partial charge in [0.1, 0.15) is 0 Å². The minimum absolute atomic E-state index is 0.0617. The molecule has 0 N–H and O–H groups in total. The van der Waals surface area contributed by atoms with E-state index in [0.29, 0.717) is 30.3 Å². The Morgan fingerprint density at radius 1 is 0.780 bits per heavy atom. The van der Waals surface area contributed by atoms with E-state index in [1.165, 1.54) is 44.2 Å². The van der Waals surface area contributed by atoms with Crippen LogP contribution < -0.4 is 0 Å². The third kappa shape index (κ3) is 6.88. The molecule has 2 aliphatic heterocycles. The van der Waals surface area contributed by atoms with Gasteiger partial charge in [-0.05, 0) is 74.0 Å². The molecule has 6 nitrogen and oxygen atoms in total. The predicted molar refractivity (Wildman–Crippen MR) is 154 cm³/mol. The lowest BCUT2D eigenvalue weighted by Crippen LogP contribution is -2.45. The van der Waals surface area contributed by atoms with E-state index >= 15 is 0 Å². The molecule has 1 aliphatic carbocycles. The average molecular weight is 571 g/mol. The van der Waals surface area contributed by atoms with E-state index < -0.39 is 11.7 Å². The maximum absolute atomic E-state index is 13.3. The van der Waals surface area contributed by atoms with Crippen LogP contribution in [0.15, 0.2) is 48.5 Å². The number of hydrogen-bond donors (Lipinski definition) is 0. The second kappa shape index (κ2) is 12.4. The molecule has 1 saturated carbocycles. The van der Waals surface area contributed by atoms with Crippen LogP contribution in [-0.4, -0.2) is 90.4 Å². The highest BCUT2D eigenvalue weighted by atomic mass is 19.4. The third-order valence-electron chi connectivity index (χ3n) is 9.31. The zero-order chi connectivity index (χ0) is 29.1. The van der Waals surface area contributed by atoms with Crippen molar-refractivity contribution in [3.63, 3.8) is 0 Å². The molecular weight excluding hydrogens is 529 g/mol. The number of urea groups is 1. The Morgan fingerprint density at radius 2 is 1.32 bits per heavy atom. The first-order valence-corrected chi connectivity index (χ1v) is 14.9. The molecule has 0 bridgehead atoms. The highest BCUT2D eigenvalue weighted by molar-refractivity contribution is 5.95. The minimum Gasteiger partial charge on any atom is -0.337 e. The van der Waals surface area contributed by atoms with Gasteiger partial charge in [-0.15, -0.1) is 0 Å². The van der Waals surface area contributed by atoms with Crippen LogP contribution in [0.1, 0.15) is 60.9 Å². The number of alkyl halides is 3. The maximum atomic E-state index is 13.3. The second-order valence-electron chi connectivity index (χ2n) is 12.1. The molecule has 0 aromatic heterocycles. The molecule has 0 unspecified atom stereocenters. The highest BCUT2D eigenvalue weighted by Gasteiger charge is 2.37. The molecule has 41 heavy (non-hydrogen) atoms. The van der Waals surface area contributed by atoms with Gasteiger partial charge in [-0.3, -0.25) is 4.79 Å². The number of rotatable bonds is 6. The molecule has 3 amide bonds. The number of nitrogens with zero attached hydrogens (tertiary/aromatic N) is 4. The Hall–Kier alpha value is -3.07. The molecule has 2 saturated heterocycles. The SMILES string of the molecule is CN(CC1CCCCC1)[C@@H]1CCN(C(=O)N2CC[C@H](N(C)C(=O)c3ccc(-c4ccc(C(F)(F)F)cc4)cc3)C2)C1. The lowest BCUT2D eigenvalue weighted by molar-refractivity contribution is -0.137. The standard InChI is InChI=1S/C32H41F3N4O2/c1-36(20-23-6-4-3-5-7-23)28-16-18-38(21-28)31(41)39-19-17-29(22-39)37(2)30(40)26-10-8-24(9-11-26)25-12-14-27(15-13-25)32(33,34)35/h8-15,23,28-29H,3-7,16-22H2,1-2H3/t28-,29+/m1/s1. The van der Waals surface area contributed by atoms with Crippen molar-refractivity contribution in [3.05, 3.63) is 59.7 Å². The fourth-order valence-electron chi connectivity index (χ4n) is 6.66. The van der Waals surface area contributed by atoms with Crippen LogP contribution in [0.4, 0.5) is 18.0 Å². The van der Waals surface area contributed by atoms with E-state index in [1.54, 1.807) is 36.2 Å². The van der Waals surface area contributed by atoms with Crippen molar-refractivity contribution in [2.45, 2.75) is 63.2 Å². The number of benzene rings is 2. The predicted octanol–water partition coefficient (Wildman–Crippen LogP) is 6.23. The van der Waals surface area contributed by atoms with Gasteiger partial charge in [0.05, 0.1) is 11.6 Å². The second-order valence-corrected chi connectivity index (χ2v) is 12.1. The van der Waals surface area contributed by atoms with Gasteiger partial charge < -0.3 is 19.6 Å². The van der Waals surface area contributed by atoms with Crippen molar-refractivity contribution in [2.75, 3.05) is 46.8 Å². The lowest BCUT2D eigenvalue weighted by atomic mass is 9.89. The van der Waals surface area contributed by atoms with E-state index in [4.69, 9.17) is 0 Å². The fraction of sp³-hybridized carbons (Fsp3) is 0.562. The van der Waals surface area contributed by atoms with E-state index in [2.05, 4.69) is 11.9 Å². The van der Waals surface area contributed by atoms with Crippen LogP contribution in [0.5, 0.6) is 0 Å². The summed E-state index contributed by atoms with van der Waals surface area (Å²) in [6, 6.07) is 12.3. The lowest BCUT2D eigenvalue weighted by Gasteiger charge is -2.31. The van der Waals surface area contributed by atoms with Crippen molar-refractivity contribution in [1.29, 1.82) is 0 Å². The van der Waals surface area contributed by atoms with Gasteiger partial charge in [-0.1, -0.05) is 43.5 Å². The number of carbonyl (C=O) groups is 2. The smallest absolute Gasteiger partial charge is 0.337 e. The Morgan fingerprint density at radius 3 is 1.90 bits per heavy atom. The van der Waals surface area contributed by atoms with Crippen molar-refractivity contribution >= 4 is 11.9 Å². The quantitative estimate of drug-likeness (QED) is 0.414. The molecule has 3 aliphatic rings. The molecular formula is C32H41F3N4O2. The summed E-state index contributed by atoms with van der Waals surface area (Å²) in [7, 11) is 3.98. The van der Waals surface area contributed by atoms with E-state index in [1.807, 2.05) is 9.80 Å². The molecule has 2 aromatic carbocycles. The van der Waals surface area contributed by atoms with Crippen molar-refractivity contribution in [2.24, 2.45) is 5.92 Å². The van der Waals surface area contributed by atoms with E-state index in [-0.39, 0.29) is 18.0 Å². The minimum atomic E-state index is -4.37. The van der Waals surface area contributed by atoms with E-state index in [9.17, 15) is 22.8 Å². The topological polar surface area (TPSA) is 47.1 Å². The summed E-state index contributed by atoms with van der Waals surface area (Å²) in [5.74, 6) is 0.653. The van der Waals surface area contributed by atoms with Gasteiger partial charge in [-0.25, -0.2) is 4.79 Å². The van der Waals surface area contributed by atoms with Crippen molar-refractivity contribution < 1.29 is 22.8 Å². The average Bonchev–Trinajstić information content (AvgIpc) is 3.67. The van der Waals surface area contributed by atoms with Crippen LogP contribution in [0.25, 0.3) is 11.1 Å². The van der Waals surface area contributed by atoms with Gasteiger partial charge in [0.25, 0.3) is 5.91 Å². The molecule has 0 spiro atoms. The highest BCUT2D eigenvalue weighted by Crippen LogP contribution is 2.31. The summed E-state index contributed by atoms with van der Waals surface area (Å²) in [6.07, 6.45) is 4.06. The van der Waals surface area contributed by atoms with Gasteiger partial charge in [0.2, 0.25) is 0 Å². The van der Waals surface area contributed by atoms with Crippen molar-refractivity contribution in [3.8, 4) is 11.1 Å². The summed E-state index contributed by atoms with van der Waals surface area (Å²) in [5.41, 5.74) is 1.21. The molecule has 2 atom stereocenters. The number of likely N-dealkylation sites (tertiary alicyclic amines) is 2. The van der Waals surface area contributed by atoms with Crippen LogP contribution in [0, 0.1) is 5.92 Å². The Balaban J connectivity index is 1.12. The largest absolute Gasteiger partial charge is 0.416 e. The molecule has 0 radical (unpaired) electrons. The molecule has 2 heterocycles. The van der Waals surface area contributed by atoms with Crippen LogP contribution in [0.2, 0.25) is 0 Å². The van der Waals surface area contributed by atoms with Gasteiger partial charge in [0, 0.05) is 51.4 Å². The normalized spacial score (nSPS) is 22.0. The molecule has 222 valence electrons. The Labute approximate surface area is 241 Å². The number of halogens is 3. The van der Waals surface area contributed by atoms with Gasteiger partial charge in [-0.2, -0.15) is 13.2 Å². The molecule has 9 heteroatoms. The van der Waals surface area contributed by atoms with E-state index in [0.717, 1.165) is 56.1 Å². The van der Waals surface area contributed by atoms with Gasteiger partial charge in [0.15, 0.2) is 0 Å². The summed E-state index contributed by atoms with van der Waals surface area (Å²) in [5, 5.41) is 0. The monoisotopic (exact) mass is 570 g/mol.